The van der Waals surface area contributed by atoms with Crippen molar-refractivity contribution in [1.82, 2.24) is 9.97 Å². The molecular formula is C18H18FN3. The summed E-state index contributed by atoms with van der Waals surface area (Å²) in [4.78, 5) is 8.92. The predicted octanol–water partition coefficient (Wildman–Crippen LogP) is 3.34. The molecule has 2 aromatic rings. The van der Waals surface area contributed by atoms with Gasteiger partial charge in [0, 0.05) is 31.0 Å². The zero-order valence-electron chi connectivity index (χ0n) is 12.5. The van der Waals surface area contributed by atoms with E-state index < -0.39 is 0 Å². The summed E-state index contributed by atoms with van der Waals surface area (Å²) in [5.74, 6) is 6.17. The number of halogens is 1. The molecule has 1 aromatic carbocycles. The summed E-state index contributed by atoms with van der Waals surface area (Å²) in [5.41, 5.74) is 2.59. The molecule has 0 aliphatic heterocycles. The monoisotopic (exact) mass is 295 g/mol. The Morgan fingerprint density at radius 1 is 1.14 bits per heavy atom. The van der Waals surface area contributed by atoms with Crippen molar-refractivity contribution in [3.8, 4) is 11.8 Å². The molecule has 0 saturated heterocycles. The molecule has 0 bridgehead atoms. The fraction of sp³-hybridized carbons (Fsp3) is 0.167. The SMILES string of the molecule is CN(CCF)c1cccc(C#Cc2cccccnc[nH]2)c1. The van der Waals surface area contributed by atoms with Crippen molar-refractivity contribution in [1.29, 1.82) is 0 Å². The first kappa shape index (κ1) is 15.6. The standard InChI is InChI=1S/C18H18FN3/c1-22(13-11-19)18-8-5-6-16(14-18)9-10-17-7-3-2-4-12-20-15-21-17/h2-8,12,14-15H,11,13H2,1H3,(H,20,21). The molecule has 0 atom stereocenters. The molecule has 0 saturated carbocycles. The lowest BCUT2D eigenvalue weighted by Gasteiger charge is -2.17. The number of H-pyrrole nitrogens is 1. The van der Waals surface area contributed by atoms with Crippen LogP contribution in [0.4, 0.5) is 10.1 Å². The van der Waals surface area contributed by atoms with Crippen LogP contribution in [0, 0.1) is 11.8 Å². The molecule has 0 amide bonds. The first-order valence-electron chi connectivity index (χ1n) is 7.00. The highest BCUT2D eigenvalue weighted by atomic mass is 19.1. The maximum atomic E-state index is 12.4. The van der Waals surface area contributed by atoms with Crippen molar-refractivity contribution in [2.45, 2.75) is 0 Å². The van der Waals surface area contributed by atoms with E-state index in [1.807, 2.05) is 60.5 Å². The van der Waals surface area contributed by atoms with Gasteiger partial charge in [-0.1, -0.05) is 24.1 Å². The van der Waals surface area contributed by atoms with E-state index >= 15 is 0 Å². The van der Waals surface area contributed by atoms with Gasteiger partial charge in [0.25, 0.3) is 0 Å². The average molecular weight is 295 g/mol. The lowest BCUT2D eigenvalue weighted by molar-refractivity contribution is 0.497. The van der Waals surface area contributed by atoms with E-state index in [0.29, 0.717) is 6.54 Å². The second-order valence-corrected chi connectivity index (χ2v) is 4.64. The summed E-state index contributed by atoms with van der Waals surface area (Å²) >= 11 is 0. The van der Waals surface area contributed by atoms with Gasteiger partial charge in [-0.3, -0.25) is 0 Å². The Morgan fingerprint density at radius 3 is 2.91 bits per heavy atom. The number of nitrogens with zero attached hydrogens (tertiary/aromatic N) is 2. The maximum absolute atomic E-state index is 12.4. The van der Waals surface area contributed by atoms with E-state index in [0.717, 1.165) is 16.9 Å². The Labute approximate surface area is 130 Å². The third kappa shape index (κ3) is 4.95. The van der Waals surface area contributed by atoms with Gasteiger partial charge < -0.3 is 9.88 Å². The highest BCUT2D eigenvalue weighted by Gasteiger charge is 2.00. The zero-order chi connectivity index (χ0) is 15.6. The second kappa shape index (κ2) is 8.48. The highest BCUT2D eigenvalue weighted by molar-refractivity contribution is 5.52. The molecule has 112 valence electrons. The number of alkyl halides is 1. The van der Waals surface area contributed by atoms with Crippen molar-refractivity contribution in [3.05, 3.63) is 72.3 Å². The van der Waals surface area contributed by atoms with Crippen molar-refractivity contribution in [2.24, 2.45) is 0 Å². The summed E-state index contributed by atoms with van der Waals surface area (Å²) in [6.07, 6.45) is 3.29. The third-order valence-corrected chi connectivity index (χ3v) is 3.00. The lowest BCUT2D eigenvalue weighted by atomic mass is 10.2. The van der Waals surface area contributed by atoms with Crippen molar-refractivity contribution < 1.29 is 4.39 Å². The van der Waals surface area contributed by atoms with Gasteiger partial charge in [-0.15, -0.1) is 0 Å². The van der Waals surface area contributed by atoms with Crippen LogP contribution in [0.15, 0.2) is 61.1 Å². The predicted molar refractivity (Wildman–Crippen MR) is 87.9 cm³/mol. The number of aromatic nitrogens is 2. The van der Waals surface area contributed by atoms with E-state index in [1.54, 1.807) is 12.5 Å². The molecule has 4 heteroatoms. The molecule has 0 fully saturated rings. The van der Waals surface area contributed by atoms with E-state index in [1.165, 1.54) is 0 Å². The van der Waals surface area contributed by atoms with Crippen LogP contribution in [-0.2, 0) is 0 Å². The highest BCUT2D eigenvalue weighted by Crippen LogP contribution is 2.14. The van der Waals surface area contributed by atoms with Crippen LogP contribution in [-0.4, -0.2) is 30.2 Å². The molecule has 1 aromatic heterocycles. The molecule has 1 N–H and O–H groups in total. The number of anilines is 1. The minimum atomic E-state index is -0.372. The average Bonchev–Trinajstić information content (AvgIpc) is 2.67. The molecule has 0 aliphatic rings. The number of hydrogen-bond acceptors (Lipinski definition) is 2. The zero-order valence-corrected chi connectivity index (χ0v) is 12.5. The summed E-state index contributed by atoms with van der Waals surface area (Å²) in [6.45, 7) is 0.000760. The molecule has 0 spiro atoms. The largest absolute Gasteiger partial charge is 0.372 e. The Hall–Kier alpha value is -2.80. The first-order valence-corrected chi connectivity index (χ1v) is 7.00. The molecule has 0 aliphatic carbocycles. The first-order chi connectivity index (χ1) is 10.8. The number of hydrogen-bond donors (Lipinski definition) is 1. The molecule has 0 unspecified atom stereocenters. The number of nitrogens with one attached hydrogen (secondary N) is 1. The van der Waals surface area contributed by atoms with E-state index in [2.05, 4.69) is 21.8 Å². The van der Waals surface area contributed by atoms with Crippen LogP contribution in [0.25, 0.3) is 0 Å². The van der Waals surface area contributed by atoms with Gasteiger partial charge in [0.15, 0.2) is 0 Å². The summed E-state index contributed by atoms with van der Waals surface area (Å²) in [7, 11) is 1.86. The minimum Gasteiger partial charge on any atom is -0.372 e. The lowest BCUT2D eigenvalue weighted by Crippen LogP contribution is -2.19. The Kier molecular flexibility index (Phi) is 6.01. The third-order valence-electron chi connectivity index (χ3n) is 3.00. The van der Waals surface area contributed by atoms with Gasteiger partial charge in [-0.25, -0.2) is 9.37 Å². The van der Waals surface area contributed by atoms with Crippen LogP contribution in [0.1, 0.15) is 11.3 Å². The van der Waals surface area contributed by atoms with Gasteiger partial charge in [0.1, 0.15) is 6.67 Å². The van der Waals surface area contributed by atoms with Crippen molar-refractivity contribution in [3.63, 3.8) is 0 Å². The molecule has 22 heavy (non-hydrogen) atoms. The topological polar surface area (TPSA) is 31.9 Å². The molecule has 0 radical (unpaired) electrons. The maximum Gasteiger partial charge on any atom is 0.107 e. The van der Waals surface area contributed by atoms with Gasteiger partial charge in [-0.2, -0.15) is 0 Å². The van der Waals surface area contributed by atoms with Crippen molar-refractivity contribution in [2.75, 3.05) is 25.2 Å². The minimum absolute atomic E-state index is 0.372. The van der Waals surface area contributed by atoms with Crippen LogP contribution in [0.2, 0.25) is 0 Å². The van der Waals surface area contributed by atoms with Crippen LogP contribution in [0.3, 0.4) is 0 Å². The van der Waals surface area contributed by atoms with Crippen molar-refractivity contribution >= 4 is 5.69 Å². The van der Waals surface area contributed by atoms with E-state index in [-0.39, 0.29) is 6.67 Å². The van der Waals surface area contributed by atoms with Gasteiger partial charge >= 0.3 is 0 Å². The quantitative estimate of drug-likeness (QED) is 0.881. The summed E-state index contributed by atoms with van der Waals surface area (Å²) in [6, 6.07) is 15.3. The molecule has 1 heterocycles. The van der Waals surface area contributed by atoms with Crippen LogP contribution in [0.5, 0.6) is 0 Å². The van der Waals surface area contributed by atoms with Gasteiger partial charge in [0.05, 0.1) is 12.0 Å². The second-order valence-electron chi connectivity index (χ2n) is 4.64. The number of rotatable bonds is 3. The molecule has 3 nitrogen and oxygen atoms in total. The Bertz CT molecular complexity index is 687. The van der Waals surface area contributed by atoms with Crippen LogP contribution < -0.4 is 4.90 Å². The molecular weight excluding hydrogens is 277 g/mol. The fourth-order valence-electron chi connectivity index (χ4n) is 1.81. The summed E-state index contributed by atoms with van der Waals surface area (Å²) in [5, 5.41) is 0. The summed E-state index contributed by atoms with van der Waals surface area (Å²) < 4.78 is 12.4. The van der Waals surface area contributed by atoms with E-state index in [9.17, 15) is 4.39 Å². The Balaban J connectivity index is 2.25. The van der Waals surface area contributed by atoms with E-state index in [4.69, 9.17) is 0 Å². The number of benzene rings is 1. The van der Waals surface area contributed by atoms with Gasteiger partial charge in [0.2, 0.25) is 0 Å². The number of aromatic amines is 1. The fourth-order valence-corrected chi connectivity index (χ4v) is 1.81. The van der Waals surface area contributed by atoms with Crippen LogP contribution >= 0.6 is 0 Å². The molecule has 2 rings (SSSR count). The Morgan fingerprint density at radius 2 is 2.05 bits per heavy atom. The van der Waals surface area contributed by atoms with Gasteiger partial charge in [-0.05, 0) is 36.3 Å². The normalized spacial score (nSPS) is 9.36. The smallest absolute Gasteiger partial charge is 0.107 e.